The monoisotopic (exact) mass is 490 g/mol. The number of carbonyl (C=O) groups is 2. The van der Waals surface area contributed by atoms with Crippen LogP contribution in [0.4, 0.5) is 11.4 Å². The number of aromatic nitrogens is 2. The Morgan fingerprint density at radius 2 is 2.06 bits per heavy atom. The molecule has 9 heteroatoms. The fourth-order valence-electron chi connectivity index (χ4n) is 5.34. The lowest BCUT2D eigenvalue weighted by Crippen LogP contribution is -2.47. The molecule has 0 aliphatic carbocycles. The molecule has 1 atom stereocenters. The molecule has 0 fully saturated rings. The summed E-state index contributed by atoms with van der Waals surface area (Å²) in [6.07, 6.45) is 3.35. The van der Waals surface area contributed by atoms with Crippen LogP contribution in [0.5, 0.6) is 0 Å². The molecule has 0 unspecified atom stereocenters. The molecule has 2 aromatic heterocycles. The second-order valence-corrected chi connectivity index (χ2v) is 9.35. The van der Waals surface area contributed by atoms with Crippen LogP contribution in [0.3, 0.4) is 0 Å². The second-order valence-electron chi connectivity index (χ2n) is 9.35. The van der Waals surface area contributed by atoms with Crippen LogP contribution in [0, 0.1) is 0 Å². The van der Waals surface area contributed by atoms with E-state index in [0.29, 0.717) is 40.3 Å². The Bertz CT molecular complexity index is 1460. The number of hydrogen-bond donors (Lipinski definition) is 2. The summed E-state index contributed by atoms with van der Waals surface area (Å²) < 4.78 is 12.5. The van der Waals surface area contributed by atoms with Crippen molar-refractivity contribution in [2.45, 2.75) is 65.2 Å². The van der Waals surface area contributed by atoms with Gasteiger partial charge in [-0.2, -0.15) is 0 Å². The number of nitrogen functional groups attached to an aromatic ring is 1. The molecule has 3 N–H and O–H groups in total. The fraction of sp³-hybridized carbons (Fsp3) is 0.407. The zero-order valence-corrected chi connectivity index (χ0v) is 20.8. The van der Waals surface area contributed by atoms with Crippen molar-refractivity contribution in [3.63, 3.8) is 0 Å². The smallest absolute Gasteiger partial charge is 0.355 e. The van der Waals surface area contributed by atoms with Crippen LogP contribution >= 0.6 is 0 Å². The molecule has 2 aliphatic rings. The number of cyclic esters (lactones) is 1. The Morgan fingerprint density at radius 1 is 1.25 bits per heavy atom. The van der Waals surface area contributed by atoms with Gasteiger partial charge in [-0.1, -0.05) is 32.8 Å². The van der Waals surface area contributed by atoms with E-state index in [4.69, 9.17) is 20.2 Å². The fourth-order valence-corrected chi connectivity index (χ4v) is 5.34. The highest BCUT2D eigenvalue weighted by molar-refractivity contribution is 6.04. The topological polar surface area (TPSA) is 126 Å². The quantitative estimate of drug-likeness (QED) is 0.227. The van der Waals surface area contributed by atoms with Gasteiger partial charge in [-0.15, -0.1) is 0 Å². The van der Waals surface area contributed by atoms with Crippen molar-refractivity contribution >= 4 is 34.2 Å². The van der Waals surface area contributed by atoms with Crippen molar-refractivity contribution in [3.8, 4) is 11.4 Å². The Morgan fingerprint density at radius 3 is 2.78 bits per heavy atom. The Labute approximate surface area is 208 Å². The summed E-state index contributed by atoms with van der Waals surface area (Å²) in [4.78, 5) is 43.5. The van der Waals surface area contributed by atoms with E-state index in [1.165, 1.54) is 6.92 Å². The van der Waals surface area contributed by atoms with E-state index >= 15 is 0 Å². The molecular formula is C27H30N4O5. The first-order valence-corrected chi connectivity index (χ1v) is 12.4. The highest BCUT2D eigenvalue weighted by Gasteiger charge is 2.50. The maximum atomic E-state index is 13.7. The summed E-state index contributed by atoms with van der Waals surface area (Å²) in [5.41, 5.74) is 9.42. The molecule has 5 rings (SSSR count). The van der Waals surface area contributed by atoms with Crippen LogP contribution in [0.25, 0.3) is 22.3 Å². The molecule has 1 aromatic carbocycles. The van der Waals surface area contributed by atoms with Gasteiger partial charge in [0.15, 0.2) is 0 Å². The number of carbonyl (C=O) groups excluding carboxylic acids is 2. The van der Waals surface area contributed by atoms with Gasteiger partial charge in [0.25, 0.3) is 5.56 Å². The van der Waals surface area contributed by atoms with Gasteiger partial charge < -0.3 is 25.1 Å². The third-order valence-electron chi connectivity index (χ3n) is 7.11. The zero-order valence-electron chi connectivity index (χ0n) is 20.8. The van der Waals surface area contributed by atoms with Crippen molar-refractivity contribution in [1.29, 1.82) is 0 Å². The minimum atomic E-state index is -1.67. The first kappa shape index (κ1) is 23.8. The predicted molar refractivity (Wildman–Crippen MR) is 136 cm³/mol. The maximum absolute atomic E-state index is 13.7. The lowest BCUT2D eigenvalue weighted by molar-refractivity contribution is -0.188. The molecule has 0 amide bonds. The van der Waals surface area contributed by atoms with Crippen molar-refractivity contribution in [2.75, 3.05) is 17.6 Å². The van der Waals surface area contributed by atoms with E-state index in [-0.39, 0.29) is 18.6 Å². The van der Waals surface area contributed by atoms with E-state index in [1.54, 1.807) is 17.6 Å². The number of hydrogen-bond acceptors (Lipinski definition) is 8. The number of unbranched alkanes of at least 4 members (excludes halogenated alkanes) is 2. The van der Waals surface area contributed by atoms with Gasteiger partial charge in [0.1, 0.15) is 6.61 Å². The minimum absolute atomic E-state index is 0.139. The van der Waals surface area contributed by atoms with Gasteiger partial charge in [0.05, 0.1) is 34.7 Å². The van der Waals surface area contributed by atoms with Gasteiger partial charge in [-0.25, -0.2) is 9.78 Å². The summed E-state index contributed by atoms with van der Waals surface area (Å²) in [5, 5.41) is 4.40. The van der Waals surface area contributed by atoms with E-state index in [2.05, 4.69) is 12.2 Å². The molecule has 0 bridgehead atoms. The highest BCUT2D eigenvalue weighted by Crippen LogP contribution is 2.44. The van der Waals surface area contributed by atoms with E-state index < -0.39 is 17.5 Å². The third kappa shape index (κ3) is 3.53. The summed E-state index contributed by atoms with van der Waals surface area (Å²) in [6, 6.07) is 7.36. The first-order valence-electron chi connectivity index (χ1n) is 12.4. The molecule has 9 nitrogen and oxygen atoms in total. The van der Waals surface area contributed by atoms with Crippen LogP contribution in [0.1, 0.15) is 63.1 Å². The highest BCUT2D eigenvalue weighted by atomic mass is 16.6. The molecule has 0 radical (unpaired) electrons. The molecule has 0 saturated heterocycles. The maximum Gasteiger partial charge on any atom is 0.355 e. The lowest BCUT2D eigenvalue weighted by atomic mass is 9.85. The average Bonchev–Trinajstić information content (AvgIpc) is 3.22. The molecular weight excluding hydrogens is 460 g/mol. The van der Waals surface area contributed by atoms with Crippen molar-refractivity contribution in [2.24, 2.45) is 0 Å². The molecule has 188 valence electrons. The number of fused-ring (bicyclic) bond motifs is 5. The number of pyridine rings is 2. The number of anilines is 2. The normalized spacial score (nSPS) is 17.8. The number of ether oxygens (including phenoxy) is 2. The van der Waals surface area contributed by atoms with Crippen LogP contribution in [0.15, 0.2) is 29.1 Å². The number of esters is 2. The number of nitrogens with zero attached hydrogens (tertiary/aromatic N) is 2. The Balaban J connectivity index is 1.74. The van der Waals surface area contributed by atoms with Crippen LogP contribution in [-0.4, -0.2) is 28.0 Å². The molecule has 2 aliphatic heterocycles. The summed E-state index contributed by atoms with van der Waals surface area (Å²) >= 11 is 0. The van der Waals surface area contributed by atoms with Crippen molar-refractivity contribution in [1.82, 2.24) is 9.55 Å². The van der Waals surface area contributed by atoms with Gasteiger partial charge in [0.2, 0.25) is 5.60 Å². The van der Waals surface area contributed by atoms with Gasteiger partial charge >= 0.3 is 11.9 Å². The number of rotatable bonds is 7. The SMILES string of the molecule is CCCCCNc1c2c(nc3cccc(N)c13)-c1cc3c(c(=O)n1C2)COC(=O)[C@@]3(CC)OC(C)=O. The summed E-state index contributed by atoms with van der Waals surface area (Å²) in [7, 11) is 0. The van der Waals surface area contributed by atoms with Crippen molar-refractivity contribution in [3.05, 3.63) is 51.3 Å². The number of benzene rings is 1. The largest absolute Gasteiger partial charge is 0.457 e. The van der Waals surface area contributed by atoms with E-state index in [0.717, 1.165) is 42.4 Å². The Kier molecular flexibility index (Phi) is 5.94. The van der Waals surface area contributed by atoms with Crippen LogP contribution in [-0.2, 0) is 37.8 Å². The molecule has 4 heterocycles. The summed E-state index contributed by atoms with van der Waals surface area (Å²) in [5.74, 6) is -1.30. The molecule has 0 spiro atoms. The first-order chi connectivity index (χ1) is 17.3. The van der Waals surface area contributed by atoms with E-state index in [9.17, 15) is 14.4 Å². The minimum Gasteiger partial charge on any atom is -0.457 e. The zero-order chi connectivity index (χ0) is 25.6. The Hall–Kier alpha value is -3.88. The second kappa shape index (κ2) is 8.96. The van der Waals surface area contributed by atoms with Gasteiger partial charge in [-0.3, -0.25) is 9.59 Å². The summed E-state index contributed by atoms with van der Waals surface area (Å²) in [6.45, 7) is 6.03. The van der Waals surface area contributed by atoms with Crippen molar-refractivity contribution < 1.29 is 19.1 Å². The van der Waals surface area contributed by atoms with Crippen LogP contribution < -0.4 is 16.6 Å². The van der Waals surface area contributed by atoms with Gasteiger partial charge in [0, 0.05) is 35.7 Å². The molecule has 3 aromatic rings. The third-order valence-corrected chi connectivity index (χ3v) is 7.11. The number of nitrogens with one attached hydrogen (secondary N) is 1. The van der Waals surface area contributed by atoms with Gasteiger partial charge in [-0.05, 0) is 31.0 Å². The molecule has 0 saturated carbocycles. The predicted octanol–water partition coefficient (Wildman–Crippen LogP) is 3.83. The lowest BCUT2D eigenvalue weighted by Gasteiger charge is -2.35. The average molecular weight is 491 g/mol. The van der Waals surface area contributed by atoms with E-state index in [1.807, 2.05) is 18.2 Å². The standard InChI is InChI=1S/C27H30N4O5/c1-4-6-7-11-29-24-16-13-31-21(23(16)30-20-10-8-9-19(28)22(20)24)12-18-17(25(31)33)14-35-26(34)27(18,5-2)36-15(3)32/h8-10,12H,4-7,11,13-14,28H2,1-3H3,(H,29,30)/t27-/m0/s1. The van der Waals surface area contributed by atoms with Crippen LogP contribution in [0.2, 0.25) is 0 Å². The number of nitrogens with two attached hydrogens (primary N) is 1. The molecule has 36 heavy (non-hydrogen) atoms.